The van der Waals surface area contributed by atoms with Crippen molar-refractivity contribution in [2.75, 3.05) is 20.1 Å². The molecular formula is C13H20FIN2. The Kier molecular flexibility index (Phi) is 6.37. The van der Waals surface area contributed by atoms with E-state index in [2.05, 4.69) is 53.7 Å². The van der Waals surface area contributed by atoms with E-state index < -0.39 is 0 Å². The van der Waals surface area contributed by atoms with Crippen molar-refractivity contribution in [3.63, 3.8) is 0 Å². The van der Waals surface area contributed by atoms with Gasteiger partial charge in [-0.2, -0.15) is 0 Å². The molecule has 0 aliphatic carbocycles. The molecular weight excluding hydrogens is 330 g/mol. The summed E-state index contributed by atoms with van der Waals surface area (Å²) >= 11 is 2.18. The number of benzene rings is 1. The molecule has 0 bridgehead atoms. The molecule has 0 spiro atoms. The topological polar surface area (TPSA) is 15.3 Å². The Morgan fingerprint density at radius 3 is 2.76 bits per heavy atom. The van der Waals surface area contributed by atoms with Crippen LogP contribution in [0, 0.1) is 9.39 Å². The monoisotopic (exact) mass is 350 g/mol. The van der Waals surface area contributed by atoms with E-state index in [1.54, 1.807) is 6.07 Å². The molecule has 0 saturated heterocycles. The van der Waals surface area contributed by atoms with Crippen molar-refractivity contribution >= 4 is 22.6 Å². The lowest BCUT2D eigenvalue weighted by atomic mass is 10.2. The molecule has 0 aliphatic rings. The van der Waals surface area contributed by atoms with Crippen molar-refractivity contribution in [2.24, 2.45) is 0 Å². The maximum Gasteiger partial charge on any atom is 0.124 e. The van der Waals surface area contributed by atoms with Gasteiger partial charge in [-0.15, -0.1) is 0 Å². The van der Waals surface area contributed by atoms with Crippen molar-refractivity contribution in [2.45, 2.75) is 26.4 Å². The van der Waals surface area contributed by atoms with Crippen molar-refractivity contribution in [1.29, 1.82) is 0 Å². The highest BCUT2D eigenvalue weighted by molar-refractivity contribution is 14.1. The number of hydrogen-bond acceptors (Lipinski definition) is 2. The fourth-order valence-corrected chi connectivity index (χ4v) is 2.28. The van der Waals surface area contributed by atoms with Crippen LogP contribution in [0.5, 0.6) is 0 Å². The average molecular weight is 350 g/mol. The molecule has 1 unspecified atom stereocenters. The average Bonchev–Trinajstić information content (AvgIpc) is 2.27. The van der Waals surface area contributed by atoms with Crippen molar-refractivity contribution in [1.82, 2.24) is 10.2 Å². The first-order valence-corrected chi connectivity index (χ1v) is 6.96. The zero-order valence-electron chi connectivity index (χ0n) is 10.6. The van der Waals surface area contributed by atoms with Gasteiger partial charge in [-0.05, 0) is 60.8 Å². The lowest BCUT2D eigenvalue weighted by Gasteiger charge is -2.21. The van der Waals surface area contributed by atoms with E-state index in [4.69, 9.17) is 0 Å². The number of nitrogens with zero attached hydrogens (tertiary/aromatic N) is 1. The minimum Gasteiger partial charge on any atom is -0.309 e. The zero-order valence-corrected chi connectivity index (χ0v) is 12.8. The first-order valence-electron chi connectivity index (χ1n) is 5.88. The van der Waals surface area contributed by atoms with Gasteiger partial charge in [0.1, 0.15) is 5.82 Å². The van der Waals surface area contributed by atoms with Crippen LogP contribution < -0.4 is 5.32 Å². The largest absolute Gasteiger partial charge is 0.309 e. The van der Waals surface area contributed by atoms with E-state index >= 15 is 0 Å². The number of rotatable bonds is 6. The molecule has 96 valence electrons. The fraction of sp³-hybridized carbons (Fsp3) is 0.538. The highest BCUT2D eigenvalue weighted by Gasteiger charge is 2.06. The van der Waals surface area contributed by atoms with Gasteiger partial charge in [-0.3, -0.25) is 0 Å². The second kappa shape index (κ2) is 7.28. The molecule has 0 aliphatic heterocycles. The smallest absolute Gasteiger partial charge is 0.124 e. The fourth-order valence-electron chi connectivity index (χ4n) is 1.61. The van der Waals surface area contributed by atoms with E-state index in [1.165, 1.54) is 6.07 Å². The molecule has 0 heterocycles. The molecule has 1 N–H and O–H groups in total. The third-order valence-electron chi connectivity index (χ3n) is 2.78. The van der Waals surface area contributed by atoms with Gasteiger partial charge < -0.3 is 10.2 Å². The normalized spacial score (nSPS) is 13.1. The predicted octanol–water partition coefficient (Wildman–Crippen LogP) is 2.86. The van der Waals surface area contributed by atoms with Crippen molar-refractivity contribution in [3.05, 3.63) is 33.1 Å². The molecule has 0 amide bonds. The summed E-state index contributed by atoms with van der Waals surface area (Å²) in [7, 11) is 2.11. The summed E-state index contributed by atoms with van der Waals surface area (Å²) in [5.74, 6) is -0.170. The third-order valence-corrected chi connectivity index (χ3v) is 3.79. The molecule has 2 nitrogen and oxygen atoms in total. The van der Waals surface area contributed by atoms with Gasteiger partial charge >= 0.3 is 0 Å². The highest BCUT2D eigenvalue weighted by Crippen LogP contribution is 2.13. The van der Waals surface area contributed by atoms with Gasteiger partial charge in [0.15, 0.2) is 0 Å². The van der Waals surface area contributed by atoms with E-state index in [-0.39, 0.29) is 5.82 Å². The summed E-state index contributed by atoms with van der Waals surface area (Å²) in [6.45, 7) is 7.18. The quantitative estimate of drug-likeness (QED) is 0.794. The summed E-state index contributed by atoms with van der Waals surface area (Å²) < 4.78 is 13.9. The molecule has 0 fully saturated rings. The van der Waals surface area contributed by atoms with Gasteiger partial charge in [-0.1, -0.05) is 13.0 Å². The van der Waals surface area contributed by atoms with Crippen LogP contribution in [-0.2, 0) is 6.54 Å². The number of halogens is 2. The Labute approximate surface area is 117 Å². The molecule has 1 rings (SSSR count). The van der Waals surface area contributed by atoms with Crippen molar-refractivity contribution < 1.29 is 4.39 Å². The molecule has 17 heavy (non-hydrogen) atoms. The Morgan fingerprint density at radius 1 is 1.47 bits per heavy atom. The molecule has 4 heteroatoms. The van der Waals surface area contributed by atoms with E-state index in [1.807, 2.05) is 6.07 Å². The molecule has 0 saturated carbocycles. The molecule has 1 aromatic carbocycles. The second-order valence-corrected chi connectivity index (χ2v) is 5.53. The van der Waals surface area contributed by atoms with Crippen molar-refractivity contribution in [3.8, 4) is 0 Å². The van der Waals surface area contributed by atoms with Gasteiger partial charge in [0, 0.05) is 22.7 Å². The summed E-state index contributed by atoms with van der Waals surface area (Å²) in [4.78, 5) is 2.27. The Bertz CT molecular complexity index is 357. The van der Waals surface area contributed by atoms with Crippen LogP contribution in [0.25, 0.3) is 0 Å². The van der Waals surface area contributed by atoms with E-state index in [9.17, 15) is 4.39 Å². The maximum absolute atomic E-state index is 12.9. The minimum absolute atomic E-state index is 0.170. The third kappa shape index (κ3) is 5.31. The lowest BCUT2D eigenvalue weighted by Crippen LogP contribution is -2.37. The van der Waals surface area contributed by atoms with Crippen LogP contribution in [0.2, 0.25) is 0 Å². The Hall–Kier alpha value is -0.200. The predicted molar refractivity (Wildman–Crippen MR) is 78.6 cm³/mol. The molecule has 0 aromatic heterocycles. The summed E-state index contributed by atoms with van der Waals surface area (Å²) in [6, 6.07) is 5.36. The second-order valence-electron chi connectivity index (χ2n) is 4.37. The Balaban J connectivity index is 2.44. The number of likely N-dealkylation sites (N-methyl/N-ethyl adjacent to an activating group) is 1. The SMILES string of the molecule is CCN(C)CC(C)NCc1ccc(F)cc1I. The highest BCUT2D eigenvalue weighted by atomic mass is 127. The van der Waals surface area contributed by atoms with Crippen LogP contribution in [-0.4, -0.2) is 31.1 Å². The van der Waals surface area contributed by atoms with Crippen LogP contribution in [0.3, 0.4) is 0 Å². The van der Waals surface area contributed by atoms with Gasteiger partial charge in [0.2, 0.25) is 0 Å². The first kappa shape index (κ1) is 14.9. The van der Waals surface area contributed by atoms with Crippen LogP contribution in [0.4, 0.5) is 4.39 Å². The zero-order chi connectivity index (χ0) is 12.8. The van der Waals surface area contributed by atoms with Crippen LogP contribution >= 0.6 is 22.6 Å². The standard InChI is InChI=1S/C13H20FIN2/c1-4-17(3)9-10(2)16-8-11-5-6-12(14)7-13(11)15/h5-7,10,16H,4,8-9H2,1-3H3. The van der Waals surface area contributed by atoms with Crippen LogP contribution in [0.1, 0.15) is 19.4 Å². The van der Waals surface area contributed by atoms with Gasteiger partial charge in [-0.25, -0.2) is 4.39 Å². The summed E-state index contributed by atoms with van der Waals surface area (Å²) in [5, 5.41) is 3.46. The minimum atomic E-state index is -0.170. The molecule has 1 aromatic rings. The number of nitrogens with one attached hydrogen (secondary N) is 1. The van der Waals surface area contributed by atoms with Crippen LogP contribution in [0.15, 0.2) is 18.2 Å². The van der Waals surface area contributed by atoms with Gasteiger partial charge in [0.25, 0.3) is 0 Å². The lowest BCUT2D eigenvalue weighted by molar-refractivity contribution is 0.309. The number of hydrogen-bond donors (Lipinski definition) is 1. The maximum atomic E-state index is 12.9. The Morgan fingerprint density at radius 2 is 2.18 bits per heavy atom. The van der Waals surface area contributed by atoms with E-state index in [0.29, 0.717) is 6.04 Å². The summed E-state index contributed by atoms with van der Waals surface area (Å²) in [6.07, 6.45) is 0. The molecule has 0 radical (unpaired) electrons. The summed E-state index contributed by atoms with van der Waals surface area (Å²) in [5.41, 5.74) is 1.15. The van der Waals surface area contributed by atoms with Gasteiger partial charge in [0.05, 0.1) is 0 Å². The molecule has 1 atom stereocenters. The first-order chi connectivity index (χ1) is 8.02. The van der Waals surface area contributed by atoms with E-state index in [0.717, 1.165) is 28.8 Å².